The first kappa shape index (κ1) is 16.6. The molecule has 0 spiro atoms. The fourth-order valence-corrected chi connectivity index (χ4v) is 2.61. The van der Waals surface area contributed by atoms with E-state index in [-0.39, 0.29) is 11.6 Å². The van der Waals surface area contributed by atoms with E-state index in [0.717, 1.165) is 17.0 Å². The Morgan fingerprint density at radius 2 is 2.29 bits per heavy atom. The second kappa shape index (κ2) is 5.99. The van der Waals surface area contributed by atoms with Gasteiger partial charge in [-0.05, 0) is 12.1 Å². The lowest BCUT2D eigenvalue weighted by Crippen LogP contribution is -2.47. The van der Waals surface area contributed by atoms with Crippen molar-refractivity contribution in [1.29, 1.82) is 0 Å². The molecule has 128 valence electrons. The number of halogens is 4. The summed E-state index contributed by atoms with van der Waals surface area (Å²) in [7, 11) is 0. The minimum absolute atomic E-state index is 0.173. The molecule has 1 aliphatic rings. The topological polar surface area (TPSA) is 78.5 Å². The van der Waals surface area contributed by atoms with E-state index in [1.165, 1.54) is 6.20 Å². The van der Waals surface area contributed by atoms with Gasteiger partial charge in [0.05, 0.1) is 36.1 Å². The number of aliphatic hydroxyl groups is 1. The van der Waals surface area contributed by atoms with Crippen LogP contribution in [0.5, 0.6) is 5.75 Å². The van der Waals surface area contributed by atoms with Gasteiger partial charge in [0.15, 0.2) is 0 Å². The van der Waals surface area contributed by atoms with Crippen LogP contribution in [-0.4, -0.2) is 38.8 Å². The summed E-state index contributed by atoms with van der Waals surface area (Å²) >= 11 is 5.46. The number of hydrogen-bond donors (Lipinski definition) is 2. The number of alkyl halides is 2. The van der Waals surface area contributed by atoms with Crippen LogP contribution in [0.4, 0.5) is 13.2 Å². The number of ether oxygens (including phenoxy) is 1. The first-order valence-electron chi connectivity index (χ1n) is 6.79. The molecule has 1 amide bonds. The minimum Gasteiger partial charge on any atom is -0.425 e. The molecule has 0 saturated heterocycles. The number of carbonyl (C=O) groups excluding carboxylic acids is 1. The average molecular weight is 362 g/mol. The lowest BCUT2D eigenvalue weighted by Gasteiger charge is -2.27. The molecule has 2 heterocycles. The predicted octanol–water partition coefficient (Wildman–Crippen LogP) is 2.25. The Bertz CT molecular complexity index is 784. The molecule has 1 aromatic heterocycles. The molecule has 1 aliphatic heterocycles. The van der Waals surface area contributed by atoms with Gasteiger partial charge in [-0.15, -0.1) is 0 Å². The van der Waals surface area contributed by atoms with Crippen molar-refractivity contribution in [3.63, 3.8) is 0 Å². The van der Waals surface area contributed by atoms with E-state index in [0.29, 0.717) is 17.3 Å². The lowest BCUT2D eigenvalue weighted by atomic mass is 10.1. The van der Waals surface area contributed by atoms with Crippen molar-refractivity contribution in [3.8, 4) is 5.75 Å². The molecule has 10 heteroatoms. The number of aliphatic hydroxyl groups excluding tert-OH is 1. The summed E-state index contributed by atoms with van der Waals surface area (Å²) in [5.74, 6) is -3.15. The number of aromatic nitrogens is 2. The maximum Gasteiger partial charge on any atom is 0.482 e. The van der Waals surface area contributed by atoms with Crippen molar-refractivity contribution in [2.45, 2.75) is 18.7 Å². The Hall–Kier alpha value is -2.26. The Morgan fingerprint density at radius 3 is 2.96 bits per heavy atom. The average Bonchev–Trinajstić information content (AvgIpc) is 3.10. The van der Waals surface area contributed by atoms with E-state index in [1.54, 1.807) is 0 Å². The van der Waals surface area contributed by atoms with Crippen molar-refractivity contribution < 1.29 is 27.8 Å². The molecule has 1 unspecified atom stereocenters. The third kappa shape index (κ3) is 2.80. The standard InChI is InChI=1S/C14H11ClF3N3O3/c15-9-2-1-7(3-10(9)16)24-14(17,18)13(23)21-5-11-8(4-19-20-11)12(21)6-22/h1-4,12,22H,5-6H2,(H,19,20). The van der Waals surface area contributed by atoms with E-state index in [2.05, 4.69) is 14.9 Å². The highest BCUT2D eigenvalue weighted by Gasteiger charge is 2.50. The molecule has 0 bridgehead atoms. The van der Waals surface area contributed by atoms with E-state index in [4.69, 9.17) is 11.6 Å². The van der Waals surface area contributed by atoms with Crippen LogP contribution in [0.3, 0.4) is 0 Å². The van der Waals surface area contributed by atoms with Crippen LogP contribution in [0.15, 0.2) is 24.4 Å². The second-order valence-electron chi connectivity index (χ2n) is 5.13. The summed E-state index contributed by atoms with van der Waals surface area (Å²) in [5, 5.41) is 15.4. The monoisotopic (exact) mass is 361 g/mol. The summed E-state index contributed by atoms with van der Waals surface area (Å²) < 4.78 is 46.0. The Balaban J connectivity index is 1.80. The highest BCUT2D eigenvalue weighted by Crippen LogP contribution is 2.36. The van der Waals surface area contributed by atoms with Crippen LogP contribution in [0.25, 0.3) is 0 Å². The number of H-pyrrole nitrogens is 1. The smallest absolute Gasteiger partial charge is 0.425 e. The zero-order valence-electron chi connectivity index (χ0n) is 12.0. The van der Waals surface area contributed by atoms with Gasteiger partial charge in [0.2, 0.25) is 0 Å². The third-order valence-corrected chi connectivity index (χ3v) is 3.94. The van der Waals surface area contributed by atoms with Crippen molar-refractivity contribution in [2.75, 3.05) is 6.61 Å². The van der Waals surface area contributed by atoms with Gasteiger partial charge in [0.1, 0.15) is 11.6 Å². The number of fused-ring (bicyclic) bond motifs is 1. The predicted molar refractivity (Wildman–Crippen MR) is 75.9 cm³/mol. The number of amides is 1. The van der Waals surface area contributed by atoms with Gasteiger partial charge in [-0.25, -0.2) is 4.39 Å². The summed E-state index contributed by atoms with van der Waals surface area (Å²) in [6, 6.07) is 1.76. The molecule has 2 aromatic rings. The van der Waals surface area contributed by atoms with E-state index in [1.807, 2.05) is 0 Å². The Morgan fingerprint density at radius 1 is 1.54 bits per heavy atom. The van der Waals surface area contributed by atoms with Crippen LogP contribution in [0.1, 0.15) is 17.3 Å². The molecule has 0 fully saturated rings. The number of nitrogens with zero attached hydrogens (tertiary/aromatic N) is 2. The second-order valence-corrected chi connectivity index (χ2v) is 5.54. The molecule has 2 N–H and O–H groups in total. The van der Waals surface area contributed by atoms with Gasteiger partial charge in [-0.2, -0.15) is 13.9 Å². The molecule has 1 atom stereocenters. The van der Waals surface area contributed by atoms with E-state index >= 15 is 0 Å². The van der Waals surface area contributed by atoms with Crippen LogP contribution in [0.2, 0.25) is 5.02 Å². The highest BCUT2D eigenvalue weighted by molar-refractivity contribution is 6.30. The maximum atomic E-state index is 14.1. The van der Waals surface area contributed by atoms with Gasteiger partial charge in [-0.3, -0.25) is 9.89 Å². The fourth-order valence-electron chi connectivity index (χ4n) is 2.49. The zero-order valence-corrected chi connectivity index (χ0v) is 12.7. The summed E-state index contributed by atoms with van der Waals surface area (Å²) in [6.07, 6.45) is -2.89. The lowest BCUT2D eigenvalue weighted by molar-refractivity contribution is -0.206. The maximum absolute atomic E-state index is 14.1. The van der Waals surface area contributed by atoms with Crippen molar-refractivity contribution in [3.05, 3.63) is 46.5 Å². The molecular weight excluding hydrogens is 351 g/mol. The molecule has 6 nitrogen and oxygen atoms in total. The van der Waals surface area contributed by atoms with Gasteiger partial charge in [0.25, 0.3) is 0 Å². The first-order valence-corrected chi connectivity index (χ1v) is 7.17. The molecule has 3 rings (SSSR count). The summed E-state index contributed by atoms with van der Waals surface area (Å²) in [6.45, 7) is -0.725. The van der Waals surface area contributed by atoms with E-state index < -0.39 is 36.2 Å². The molecule has 24 heavy (non-hydrogen) atoms. The van der Waals surface area contributed by atoms with Gasteiger partial charge >= 0.3 is 12.0 Å². The van der Waals surface area contributed by atoms with E-state index in [9.17, 15) is 23.1 Å². The van der Waals surface area contributed by atoms with Crippen molar-refractivity contribution >= 4 is 17.5 Å². The minimum atomic E-state index is -4.25. The van der Waals surface area contributed by atoms with Crippen molar-refractivity contribution in [1.82, 2.24) is 15.1 Å². The number of hydrogen-bond acceptors (Lipinski definition) is 4. The van der Waals surface area contributed by atoms with Gasteiger partial charge < -0.3 is 14.7 Å². The number of carbonyl (C=O) groups is 1. The summed E-state index contributed by atoms with van der Waals surface area (Å²) in [5.41, 5.74) is 0.912. The summed E-state index contributed by atoms with van der Waals surface area (Å²) in [4.78, 5) is 12.9. The van der Waals surface area contributed by atoms with Crippen LogP contribution < -0.4 is 4.74 Å². The number of nitrogens with one attached hydrogen (secondary N) is 1. The zero-order chi connectivity index (χ0) is 17.5. The number of aromatic amines is 1. The third-order valence-electron chi connectivity index (χ3n) is 3.64. The molecule has 1 aromatic carbocycles. The van der Waals surface area contributed by atoms with Gasteiger partial charge in [0, 0.05) is 11.6 Å². The van der Waals surface area contributed by atoms with Crippen molar-refractivity contribution in [2.24, 2.45) is 0 Å². The first-order chi connectivity index (χ1) is 11.3. The molecular formula is C14H11ClF3N3O3. The van der Waals surface area contributed by atoms with Gasteiger partial charge in [-0.1, -0.05) is 11.6 Å². The number of benzene rings is 1. The highest BCUT2D eigenvalue weighted by atomic mass is 35.5. The Labute approximate surface area is 138 Å². The SMILES string of the molecule is O=C(N1Cc2[nH]ncc2C1CO)C(F)(F)Oc1ccc(Cl)c(F)c1. The number of rotatable bonds is 4. The normalized spacial score (nSPS) is 17.0. The van der Waals surface area contributed by atoms with Crippen LogP contribution in [0, 0.1) is 5.82 Å². The molecule has 0 radical (unpaired) electrons. The fraction of sp³-hybridized carbons (Fsp3) is 0.286. The molecule has 0 aliphatic carbocycles. The largest absolute Gasteiger partial charge is 0.482 e. The Kier molecular flexibility index (Phi) is 4.14. The van der Waals surface area contributed by atoms with Crippen LogP contribution in [-0.2, 0) is 11.3 Å². The van der Waals surface area contributed by atoms with Crippen LogP contribution >= 0.6 is 11.6 Å². The molecule has 0 saturated carbocycles. The quantitative estimate of drug-likeness (QED) is 0.875.